The van der Waals surface area contributed by atoms with E-state index in [0.717, 1.165) is 5.56 Å². The van der Waals surface area contributed by atoms with Gasteiger partial charge >= 0.3 is 0 Å². The van der Waals surface area contributed by atoms with Gasteiger partial charge in [0.15, 0.2) is 6.29 Å². The summed E-state index contributed by atoms with van der Waals surface area (Å²) in [6, 6.07) is 6.73. The second kappa shape index (κ2) is 3.91. The summed E-state index contributed by atoms with van der Waals surface area (Å²) in [7, 11) is 0. The Morgan fingerprint density at radius 3 is 3.00 bits per heavy atom. The quantitative estimate of drug-likeness (QED) is 0.759. The fourth-order valence-corrected chi connectivity index (χ4v) is 1.23. The van der Waals surface area contributed by atoms with Crippen molar-refractivity contribution in [1.82, 2.24) is 10.1 Å². The van der Waals surface area contributed by atoms with Gasteiger partial charge in [-0.05, 0) is 17.7 Å². The fraction of sp³-hybridized carbons (Fsp3) is 0.100. The van der Waals surface area contributed by atoms with Crippen LogP contribution < -0.4 is 0 Å². The van der Waals surface area contributed by atoms with E-state index < -0.39 is 0 Å². The molecule has 0 aliphatic rings. The second-order valence-electron chi connectivity index (χ2n) is 3.01. The lowest BCUT2D eigenvalue weighted by Crippen LogP contribution is -1.88. The van der Waals surface area contributed by atoms with Crippen molar-refractivity contribution < 1.29 is 14.4 Å². The molecule has 0 fully saturated rings. The zero-order chi connectivity index (χ0) is 10.7. The molecule has 0 saturated carbocycles. The van der Waals surface area contributed by atoms with Crippen molar-refractivity contribution in [2.45, 2.75) is 6.42 Å². The summed E-state index contributed by atoms with van der Waals surface area (Å²) < 4.78 is 4.83. The van der Waals surface area contributed by atoms with E-state index >= 15 is 0 Å². The number of carbonyl (C=O) groups is 1. The average Bonchev–Trinajstić information content (AvgIpc) is 2.65. The molecule has 0 aliphatic carbocycles. The van der Waals surface area contributed by atoms with Gasteiger partial charge in [-0.1, -0.05) is 17.3 Å². The molecule has 2 aromatic rings. The van der Waals surface area contributed by atoms with Crippen LogP contribution in [0.1, 0.15) is 22.1 Å². The van der Waals surface area contributed by atoms with E-state index in [0.29, 0.717) is 18.6 Å². The van der Waals surface area contributed by atoms with Gasteiger partial charge in [0.2, 0.25) is 11.7 Å². The SMILES string of the molecule is O=Cc1noc(Cc2cccc(O)c2)n1. The number of carbonyl (C=O) groups excluding carboxylic acids is 1. The number of benzene rings is 1. The maximum Gasteiger partial charge on any atom is 0.235 e. The first-order valence-corrected chi connectivity index (χ1v) is 4.33. The highest BCUT2D eigenvalue weighted by molar-refractivity contribution is 5.68. The molecule has 1 heterocycles. The average molecular weight is 204 g/mol. The smallest absolute Gasteiger partial charge is 0.235 e. The Morgan fingerprint density at radius 1 is 1.47 bits per heavy atom. The number of aromatic nitrogens is 2. The Bertz CT molecular complexity index is 479. The third-order valence-corrected chi connectivity index (χ3v) is 1.86. The number of hydrogen-bond acceptors (Lipinski definition) is 5. The van der Waals surface area contributed by atoms with E-state index in [1.165, 1.54) is 0 Å². The Morgan fingerprint density at radius 2 is 2.33 bits per heavy atom. The van der Waals surface area contributed by atoms with E-state index in [-0.39, 0.29) is 11.6 Å². The highest BCUT2D eigenvalue weighted by Gasteiger charge is 2.06. The van der Waals surface area contributed by atoms with Crippen LogP contribution in [0.3, 0.4) is 0 Å². The van der Waals surface area contributed by atoms with Gasteiger partial charge in [-0.3, -0.25) is 4.79 Å². The van der Waals surface area contributed by atoms with Crippen molar-refractivity contribution in [3.8, 4) is 5.75 Å². The predicted octanol–water partition coefficient (Wildman–Crippen LogP) is 1.18. The molecule has 0 aliphatic heterocycles. The van der Waals surface area contributed by atoms with Gasteiger partial charge in [0.05, 0.1) is 6.42 Å². The first-order chi connectivity index (χ1) is 7.28. The van der Waals surface area contributed by atoms with Crippen LogP contribution in [-0.2, 0) is 6.42 Å². The first-order valence-electron chi connectivity index (χ1n) is 4.33. The molecule has 1 N–H and O–H groups in total. The van der Waals surface area contributed by atoms with Gasteiger partial charge < -0.3 is 9.63 Å². The second-order valence-corrected chi connectivity index (χ2v) is 3.01. The third kappa shape index (κ3) is 2.19. The molecule has 1 aromatic carbocycles. The van der Waals surface area contributed by atoms with Crippen LogP contribution in [0.4, 0.5) is 0 Å². The van der Waals surface area contributed by atoms with Crippen molar-refractivity contribution >= 4 is 6.29 Å². The number of aldehydes is 1. The molecule has 0 bridgehead atoms. The molecule has 0 radical (unpaired) electrons. The first kappa shape index (κ1) is 9.39. The van der Waals surface area contributed by atoms with Gasteiger partial charge in [-0.15, -0.1) is 0 Å². The largest absolute Gasteiger partial charge is 0.508 e. The Balaban J connectivity index is 2.18. The van der Waals surface area contributed by atoms with Crippen LogP contribution in [-0.4, -0.2) is 21.5 Å². The van der Waals surface area contributed by atoms with Crippen molar-refractivity contribution in [2.75, 3.05) is 0 Å². The predicted molar refractivity (Wildman–Crippen MR) is 50.6 cm³/mol. The maximum atomic E-state index is 10.3. The summed E-state index contributed by atoms with van der Waals surface area (Å²) in [5.41, 5.74) is 0.844. The molecule has 15 heavy (non-hydrogen) atoms. The minimum Gasteiger partial charge on any atom is -0.508 e. The summed E-state index contributed by atoms with van der Waals surface area (Å²) in [6.45, 7) is 0. The molecule has 0 amide bonds. The summed E-state index contributed by atoms with van der Waals surface area (Å²) in [5.74, 6) is 0.565. The number of phenols is 1. The van der Waals surface area contributed by atoms with Crippen LogP contribution in [0.25, 0.3) is 0 Å². The van der Waals surface area contributed by atoms with Crippen LogP contribution in [0.15, 0.2) is 28.8 Å². The standard InChI is InChI=1S/C10H8N2O3/c13-6-9-11-10(15-12-9)5-7-2-1-3-8(14)4-7/h1-4,6,14H,5H2. The zero-order valence-electron chi connectivity index (χ0n) is 7.75. The summed E-state index contributed by atoms with van der Waals surface area (Å²) in [6.07, 6.45) is 0.921. The molecule has 1 aromatic heterocycles. The molecule has 0 atom stereocenters. The Hall–Kier alpha value is -2.17. The topological polar surface area (TPSA) is 76.2 Å². The van der Waals surface area contributed by atoms with Crippen molar-refractivity contribution in [1.29, 1.82) is 0 Å². The van der Waals surface area contributed by atoms with Crippen LogP contribution in [0.5, 0.6) is 5.75 Å². The minimum absolute atomic E-state index is 0.0325. The molecular formula is C10H8N2O3. The summed E-state index contributed by atoms with van der Waals surface area (Å²) >= 11 is 0. The highest BCUT2D eigenvalue weighted by atomic mass is 16.5. The number of aromatic hydroxyl groups is 1. The van der Waals surface area contributed by atoms with E-state index in [1.807, 2.05) is 6.07 Å². The van der Waals surface area contributed by atoms with E-state index in [4.69, 9.17) is 4.52 Å². The molecule has 5 nitrogen and oxygen atoms in total. The van der Waals surface area contributed by atoms with Crippen LogP contribution >= 0.6 is 0 Å². The molecule has 76 valence electrons. The van der Waals surface area contributed by atoms with E-state index in [2.05, 4.69) is 10.1 Å². The molecular weight excluding hydrogens is 196 g/mol. The summed E-state index contributed by atoms with van der Waals surface area (Å²) in [4.78, 5) is 14.1. The van der Waals surface area contributed by atoms with E-state index in [1.54, 1.807) is 18.2 Å². The minimum atomic E-state index is 0.0325. The zero-order valence-corrected chi connectivity index (χ0v) is 7.75. The van der Waals surface area contributed by atoms with Gasteiger partial charge in [0, 0.05) is 0 Å². The molecule has 5 heteroatoms. The van der Waals surface area contributed by atoms with Crippen LogP contribution in [0.2, 0.25) is 0 Å². The third-order valence-electron chi connectivity index (χ3n) is 1.86. The maximum absolute atomic E-state index is 10.3. The fourth-order valence-electron chi connectivity index (χ4n) is 1.23. The van der Waals surface area contributed by atoms with Gasteiger partial charge in [-0.2, -0.15) is 4.98 Å². The number of rotatable bonds is 3. The van der Waals surface area contributed by atoms with E-state index in [9.17, 15) is 9.90 Å². The molecule has 0 unspecified atom stereocenters. The van der Waals surface area contributed by atoms with Crippen LogP contribution in [0, 0.1) is 0 Å². The van der Waals surface area contributed by atoms with Gasteiger partial charge in [-0.25, -0.2) is 0 Å². The molecule has 2 rings (SSSR count). The normalized spacial score (nSPS) is 10.1. The molecule has 0 saturated heterocycles. The highest BCUT2D eigenvalue weighted by Crippen LogP contribution is 2.13. The van der Waals surface area contributed by atoms with Gasteiger partial charge in [0.25, 0.3) is 0 Å². The lowest BCUT2D eigenvalue weighted by molar-refractivity contribution is 0.111. The van der Waals surface area contributed by atoms with Gasteiger partial charge in [0.1, 0.15) is 5.75 Å². The number of nitrogens with zero attached hydrogens (tertiary/aromatic N) is 2. The Kier molecular flexibility index (Phi) is 2.45. The Labute approximate surface area is 85.4 Å². The number of phenolic OH excluding ortho intramolecular Hbond substituents is 1. The van der Waals surface area contributed by atoms with Crippen molar-refractivity contribution in [3.05, 3.63) is 41.5 Å². The van der Waals surface area contributed by atoms with Crippen molar-refractivity contribution in [2.24, 2.45) is 0 Å². The molecule has 0 spiro atoms. The number of hydrogen-bond donors (Lipinski definition) is 1. The van der Waals surface area contributed by atoms with Crippen molar-refractivity contribution in [3.63, 3.8) is 0 Å². The summed E-state index contributed by atoms with van der Waals surface area (Å²) in [5, 5.41) is 12.7. The monoisotopic (exact) mass is 204 g/mol. The lowest BCUT2D eigenvalue weighted by Gasteiger charge is -1.96. The lowest BCUT2D eigenvalue weighted by atomic mass is 10.1.